The molecule has 1 aromatic heterocycles. The van der Waals surface area contributed by atoms with Crippen LogP contribution < -0.4 is 10.3 Å². The smallest absolute Gasteiger partial charge is 0.262 e. The summed E-state index contributed by atoms with van der Waals surface area (Å²) in [6.07, 6.45) is -0.668. The third-order valence-electron chi connectivity index (χ3n) is 4.52. The van der Waals surface area contributed by atoms with Crippen LogP contribution in [-0.4, -0.2) is 33.1 Å². The summed E-state index contributed by atoms with van der Waals surface area (Å²) in [7, 11) is 0. The van der Waals surface area contributed by atoms with Crippen molar-refractivity contribution in [1.29, 1.82) is 0 Å². The van der Waals surface area contributed by atoms with Gasteiger partial charge in [0.25, 0.3) is 5.56 Å². The van der Waals surface area contributed by atoms with Gasteiger partial charge in [-0.15, -0.1) is 0 Å². The molecule has 1 N–H and O–H groups in total. The zero-order valence-electron chi connectivity index (χ0n) is 16.5. The van der Waals surface area contributed by atoms with Crippen molar-refractivity contribution >= 4 is 22.7 Å². The second-order valence-corrected chi connectivity index (χ2v) is 7.92. The average Bonchev–Trinajstić information content (AvgIpc) is 2.71. The maximum atomic E-state index is 12.7. The summed E-state index contributed by atoms with van der Waals surface area (Å²) in [6, 6.07) is 15.2. The number of hydrogen-bond acceptors (Lipinski definition) is 5. The molecular formula is C22H26N2O3S. The highest BCUT2D eigenvalue weighted by Crippen LogP contribution is 2.26. The molecule has 0 aliphatic rings. The van der Waals surface area contributed by atoms with Crippen LogP contribution in [0.4, 0.5) is 0 Å². The number of fused-ring (bicyclic) bond motifs is 1. The first-order chi connectivity index (χ1) is 13.5. The summed E-state index contributed by atoms with van der Waals surface area (Å²) in [5, 5.41) is 11.6. The molecule has 0 unspecified atom stereocenters. The molecule has 0 spiro atoms. The Morgan fingerprint density at radius 3 is 2.61 bits per heavy atom. The van der Waals surface area contributed by atoms with E-state index in [1.807, 2.05) is 49.4 Å². The molecule has 0 aliphatic carbocycles. The highest BCUT2D eigenvalue weighted by Gasteiger charge is 2.14. The van der Waals surface area contributed by atoms with Crippen LogP contribution in [0.25, 0.3) is 10.9 Å². The fourth-order valence-electron chi connectivity index (χ4n) is 3.03. The number of thioether (sulfide) groups is 1. The first-order valence-electron chi connectivity index (χ1n) is 9.53. The number of aromatic nitrogens is 2. The first-order valence-corrected chi connectivity index (χ1v) is 10.5. The van der Waals surface area contributed by atoms with Crippen molar-refractivity contribution in [2.24, 2.45) is 0 Å². The molecule has 148 valence electrons. The molecule has 2 aromatic carbocycles. The van der Waals surface area contributed by atoms with Crippen molar-refractivity contribution in [3.8, 4) is 5.75 Å². The van der Waals surface area contributed by atoms with Gasteiger partial charge in [0.05, 0.1) is 17.0 Å². The topological polar surface area (TPSA) is 64.3 Å². The van der Waals surface area contributed by atoms with E-state index < -0.39 is 6.10 Å². The quantitative estimate of drug-likeness (QED) is 0.458. The van der Waals surface area contributed by atoms with Crippen molar-refractivity contribution in [2.75, 3.05) is 12.4 Å². The summed E-state index contributed by atoms with van der Waals surface area (Å²) in [5.74, 6) is 1.55. The number of hydrogen-bond donors (Lipinski definition) is 1. The Morgan fingerprint density at radius 1 is 1.14 bits per heavy atom. The lowest BCUT2D eigenvalue weighted by Gasteiger charge is -2.17. The van der Waals surface area contributed by atoms with Gasteiger partial charge in [0.2, 0.25) is 0 Å². The predicted molar refractivity (Wildman–Crippen MR) is 114 cm³/mol. The number of benzene rings is 2. The maximum absolute atomic E-state index is 12.7. The second kappa shape index (κ2) is 9.26. The highest BCUT2D eigenvalue weighted by atomic mass is 32.2. The Balaban J connectivity index is 1.68. The van der Waals surface area contributed by atoms with Crippen LogP contribution in [0.1, 0.15) is 32.3 Å². The molecule has 0 aliphatic heterocycles. The number of nitrogens with zero attached hydrogens (tertiary/aromatic N) is 2. The third-order valence-corrected chi connectivity index (χ3v) is 5.64. The van der Waals surface area contributed by atoms with E-state index in [9.17, 15) is 9.90 Å². The lowest BCUT2D eigenvalue weighted by atomic mass is 10.0. The summed E-state index contributed by atoms with van der Waals surface area (Å²) in [5.41, 5.74) is 1.75. The molecule has 1 atom stereocenters. The van der Waals surface area contributed by atoms with Gasteiger partial charge >= 0.3 is 0 Å². The van der Waals surface area contributed by atoms with Gasteiger partial charge in [0, 0.05) is 12.3 Å². The zero-order valence-corrected chi connectivity index (χ0v) is 17.3. The molecule has 5 nitrogen and oxygen atoms in total. The average molecular weight is 399 g/mol. The van der Waals surface area contributed by atoms with Crippen LogP contribution in [0.15, 0.2) is 58.5 Å². The van der Waals surface area contributed by atoms with Crippen LogP contribution in [0.2, 0.25) is 0 Å². The molecular weight excluding hydrogens is 372 g/mol. The van der Waals surface area contributed by atoms with Crippen molar-refractivity contribution in [2.45, 2.75) is 44.5 Å². The predicted octanol–water partition coefficient (Wildman–Crippen LogP) is 4.07. The Morgan fingerprint density at radius 2 is 1.86 bits per heavy atom. The van der Waals surface area contributed by atoms with E-state index >= 15 is 0 Å². The molecule has 28 heavy (non-hydrogen) atoms. The lowest BCUT2D eigenvalue weighted by molar-refractivity contribution is 0.125. The van der Waals surface area contributed by atoms with Gasteiger partial charge in [0.15, 0.2) is 5.16 Å². The van der Waals surface area contributed by atoms with Crippen molar-refractivity contribution in [3.05, 3.63) is 64.4 Å². The molecule has 1 heterocycles. The minimum absolute atomic E-state index is 0.0489. The van der Waals surface area contributed by atoms with Crippen LogP contribution in [0.5, 0.6) is 5.75 Å². The molecule has 0 saturated heterocycles. The largest absolute Gasteiger partial charge is 0.491 e. The highest BCUT2D eigenvalue weighted by molar-refractivity contribution is 7.99. The van der Waals surface area contributed by atoms with E-state index in [1.54, 1.807) is 10.6 Å². The van der Waals surface area contributed by atoms with Crippen LogP contribution in [-0.2, 0) is 6.54 Å². The second-order valence-electron chi connectivity index (χ2n) is 6.93. The molecule has 0 radical (unpaired) electrons. The van der Waals surface area contributed by atoms with E-state index in [0.717, 1.165) is 11.3 Å². The summed E-state index contributed by atoms with van der Waals surface area (Å²) in [6.45, 7) is 6.88. The Hall–Kier alpha value is -2.31. The molecule has 6 heteroatoms. The molecule has 3 aromatic rings. The maximum Gasteiger partial charge on any atom is 0.262 e. The number of ether oxygens (including phenoxy) is 1. The van der Waals surface area contributed by atoms with Gasteiger partial charge in [-0.1, -0.05) is 55.9 Å². The van der Waals surface area contributed by atoms with E-state index in [2.05, 4.69) is 18.8 Å². The van der Waals surface area contributed by atoms with E-state index in [-0.39, 0.29) is 12.2 Å². The fraction of sp³-hybridized carbons (Fsp3) is 0.364. The fourth-order valence-corrected chi connectivity index (χ4v) is 4.00. The Labute approximate surface area is 169 Å². The standard InChI is InChI=1S/C22H26N2O3S/c1-4-24-21(26)18-10-5-7-11-19(18)23-22(24)28-14-16(25)13-27-20-12-8-6-9-17(20)15(2)3/h5-12,15-16,25H,4,13-14H2,1-3H3/t16-/m1/s1. The van der Waals surface area contributed by atoms with Gasteiger partial charge in [-0.2, -0.15) is 0 Å². The van der Waals surface area contributed by atoms with Crippen LogP contribution in [0.3, 0.4) is 0 Å². The molecule has 0 amide bonds. The van der Waals surface area contributed by atoms with E-state index in [1.165, 1.54) is 11.8 Å². The zero-order chi connectivity index (χ0) is 20.1. The summed E-state index contributed by atoms with van der Waals surface area (Å²) in [4.78, 5) is 17.3. The minimum Gasteiger partial charge on any atom is -0.491 e. The van der Waals surface area contributed by atoms with Crippen molar-refractivity contribution in [1.82, 2.24) is 9.55 Å². The monoisotopic (exact) mass is 398 g/mol. The minimum atomic E-state index is -0.668. The SMILES string of the molecule is CCn1c(SC[C@H](O)COc2ccccc2C(C)C)nc2ccccc2c1=O. The normalized spacial score (nSPS) is 12.5. The van der Waals surface area contributed by atoms with Crippen molar-refractivity contribution in [3.63, 3.8) is 0 Å². The van der Waals surface area contributed by atoms with Crippen LogP contribution in [0, 0.1) is 0 Å². The third kappa shape index (κ3) is 4.56. The van der Waals surface area contributed by atoms with Gasteiger partial charge in [-0.3, -0.25) is 9.36 Å². The molecule has 3 rings (SSSR count). The number of para-hydroxylation sites is 2. The molecule has 0 bridgehead atoms. The van der Waals surface area contributed by atoms with Gasteiger partial charge in [-0.05, 0) is 36.6 Å². The lowest BCUT2D eigenvalue weighted by Crippen LogP contribution is -2.24. The van der Waals surface area contributed by atoms with E-state index in [0.29, 0.717) is 34.3 Å². The Kier molecular flexibility index (Phi) is 6.75. The molecule has 0 saturated carbocycles. The van der Waals surface area contributed by atoms with Gasteiger partial charge < -0.3 is 9.84 Å². The Bertz CT molecular complexity index is 1000. The first kappa shape index (κ1) is 20.4. The summed E-state index contributed by atoms with van der Waals surface area (Å²) >= 11 is 1.38. The van der Waals surface area contributed by atoms with Gasteiger partial charge in [-0.25, -0.2) is 4.98 Å². The van der Waals surface area contributed by atoms with Crippen LogP contribution >= 0.6 is 11.8 Å². The number of rotatable bonds is 8. The number of aliphatic hydroxyl groups is 1. The molecule has 0 fully saturated rings. The van der Waals surface area contributed by atoms with Crippen molar-refractivity contribution < 1.29 is 9.84 Å². The number of aliphatic hydroxyl groups excluding tert-OH is 1. The summed E-state index contributed by atoms with van der Waals surface area (Å²) < 4.78 is 7.49. The van der Waals surface area contributed by atoms with Gasteiger partial charge in [0.1, 0.15) is 12.4 Å². The van der Waals surface area contributed by atoms with E-state index in [4.69, 9.17) is 4.74 Å².